The fraction of sp³-hybridized carbons (Fsp3) is 0.308. The van der Waals surface area contributed by atoms with Crippen LogP contribution >= 0.6 is 0 Å². The van der Waals surface area contributed by atoms with Gasteiger partial charge in [0.1, 0.15) is 11.5 Å². The molecule has 2 aromatic rings. The Balaban J connectivity index is 2.01. The van der Waals surface area contributed by atoms with Gasteiger partial charge in [0.05, 0.1) is 0 Å². The lowest BCUT2D eigenvalue weighted by molar-refractivity contribution is 0.152. The summed E-state index contributed by atoms with van der Waals surface area (Å²) in [5.74, 6) is 1.25. The standard InChI is InChI=1S/C13H11F2NO/c14-13(15)10-4-2-1-3-9(10)11-7-12(17-16-11)8-5-6-8/h1-4,7-8,13H,5-6H2. The first-order valence-electron chi connectivity index (χ1n) is 5.60. The summed E-state index contributed by atoms with van der Waals surface area (Å²) in [6.45, 7) is 0. The van der Waals surface area contributed by atoms with Crippen molar-refractivity contribution in [1.29, 1.82) is 0 Å². The predicted octanol–water partition coefficient (Wildman–Crippen LogP) is 4.16. The van der Waals surface area contributed by atoms with Crippen LogP contribution in [0.1, 0.15) is 36.5 Å². The molecule has 1 saturated carbocycles. The molecule has 0 aliphatic heterocycles. The third-order valence-corrected chi connectivity index (χ3v) is 2.98. The molecule has 0 unspecified atom stereocenters. The van der Waals surface area contributed by atoms with Crippen LogP contribution in [0.25, 0.3) is 11.3 Å². The Hall–Kier alpha value is -1.71. The van der Waals surface area contributed by atoms with E-state index < -0.39 is 6.43 Å². The lowest BCUT2D eigenvalue weighted by atomic mass is 10.0. The highest BCUT2D eigenvalue weighted by atomic mass is 19.3. The maximum Gasteiger partial charge on any atom is 0.264 e. The molecule has 1 fully saturated rings. The van der Waals surface area contributed by atoms with Crippen molar-refractivity contribution in [2.45, 2.75) is 25.2 Å². The summed E-state index contributed by atoms with van der Waals surface area (Å²) in [4.78, 5) is 0. The monoisotopic (exact) mass is 235 g/mol. The van der Waals surface area contributed by atoms with Crippen LogP contribution in [0.4, 0.5) is 8.78 Å². The Labute approximate surface area is 97.2 Å². The molecule has 0 amide bonds. The second kappa shape index (κ2) is 3.95. The Morgan fingerprint density at radius 1 is 1.24 bits per heavy atom. The zero-order valence-corrected chi connectivity index (χ0v) is 9.07. The van der Waals surface area contributed by atoms with E-state index in [0.717, 1.165) is 18.6 Å². The molecule has 2 nitrogen and oxygen atoms in total. The summed E-state index contributed by atoms with van der Waals surface area (Å²) in [7, 11) is 0. The van der Waals surface area contributed by atoms with Gasteiger partial charge >= 0.3 is 0 Å². The van der Waals surface area contributed by atoms with Gasteiger partial charge in [0, 0.05) is 23.1 Å². The second-order valence-corrected chi connectivity index (χ2v) is 4.28. The summed E-state index contributed by atoms with van der Waals surface area (Å²) < 4.78 is 30.8. The molecule has 0 N–H and O–H groups in total. The molecule has 3 rings (SSSR count). The quantitative estimate of drug-likeness (QED) is 0.798. The molecule has 17 heavy (non-hydrogen) atoms. The van der Waals surface area contributed by atoms with Crippen LogP contribution < -0.4 is 0 Å². The van der Waals surface area contributed by atoms with Gasteiger partial charge in [0.25, 0.3) is 6.43 Å². The van der Waals surface area contributed by atoms with Crippen LogP contribution in [-0.2, 0) is 0 Å². The molecule has 4 heteroatoms. The highest BCUT2D eigenvalue weighted by molar-refractivity contribution is 5.64. The van der Waals surface area contributed by atoms with E-state index in [4.69, 9.17) is 4.52 Å². The number of hydrogen-bond acceptors (Lipinski definition) is 2. The highest BCUT2D eigenvalue weighted by Crippen LogP contribution is 2.41. The average molecular weight is 235 g/mol. The summed E-state index contributed by atoms with van der Waals surface area (Å²) in [6, 6.07) is 8.18. The number of aromatic nitrogens is 1. The Morgan fingerprint density at radius 2 is 2.00 bits per heavy atom. The molecule has 0 spiro atoms. The van der Waals surface area contributed by atoms with E-state index in [1.807, 2.05) is 0 Å². The molecule has 0 bridgehead atoms. The van der Waals surface area contributed by atoms with Gasteiger partial charge in [0.2, 0.25) is 0 Å². The molecule has 1 aromatic carbocycles. The number of rotatable bonds is 3. The Kier molecular flexibility index (Phi) is 2.42. The number of hydrogen-bond donors (Lipinski definition) is 0. The zero-order valence-electron chi connectivity index (χ0n) is 9.07. The summed E-state index contributed by atoms with van der Waals surface area (Å²) in [5, 5.41) is 3.88. The number of nitrogens with zero attached hydrogens (tertiary/aromatic N) is 1. The topological polar surface area (TPSA) is 26.0 Å². The van der Waals surface area contributed by atoms with Crippen molar-refractivity contribution in [3.05, 3.63) is 41.7 Å². The van der Waals surface area contributed by atoms with E-state index in [9.17, 15) is 8.78 Å². The lowest BCUT2D eigenvalue weighted by Crippen LogP contribution is -1.89. The fourth-order valence-corrected chi connectivity index (χ4v) is 1.90. The predicted molar refractivity (Wildman–Crippen MR) is 58.9 cm³/mol. The van der Waals surface area contributed by atoms with Crippen molar-refractivity contribution in [3.63, 3.8) is 0 Å². The van der Waals surface area contributed by atoms with Crippen molar-refractivity contribution >= 4 is 0 Å². The number of benzene rings is 1. The molecule has 0 atom stereocenters. The maximum absolute atomic E-state index is 12.8. The minimum Gasteiger partial charge on any atom is -0.360 e. The fourth-order valence-electron chi connectivity index (χ4n) is 1.90. The molecular formula is C13H11F2NO. The molecule has 0 saturated heterocycles. The molecule has 1 aliphatic rings. The largest absolute Gasteiger partial charge is 0.360 e. The van der Waals surface area contributed by atoms with Gasteiger partial charge in [-0.05, 0) is 12.8 Å². The van der Waals surface area contributed by atoms with Crippen molar-refractivity contribution in [3.8, 4) is 11.3 Å². The summed E-state index contributed by atoms with van der Waals surface area (Å²) in [5.41, 5.74) is 0.962. The first-order valence-corrected chi connectivity index (χ1v) is 5.60. The second-order valence-electron chi connectivity index (χ2n) is 4.28. The normalized spacial score (nSPS) is 15.5. The lowest BCUT2D eigenvalue weighted by Gasteiger charge is -2.04. The van der Waals surface area contributed by atoms with Gasteiger partial charge in [-0.1, -0.05) is 29.4 Å². The van der Waals surface area contributed by atoms with E-state index >= 15 is 0 Å². The minimum atomic E-state index is -2.49. The van der Waals surface area contributed by atoms with Crippen molar-refractivity contribution < 1.29 is 13.3 Å². The van der Waals surface area contributed by atoms with Crippen LogP contribution in [0, 0.1) is 0 Å². The average Bonchev–Trinajstić information content (AvgIpc) is 3.07. The van der Waals surface area contributed by atoms with Crippen LogP contribution in [0.3, 0.4) is 0 Å². The van der Waals surface area contributed by atoms with Crippen molar-refractivity contribution in [1.82, 2.24) is 5.16 Å². The molecule has 0 radical (unpaired) electrons. The highest BCUT2D eigenvalue weighted by Gasteiger charge is 2.28. The Morgan fingerprint density at radius 3 is 2.71 bits per heavy atom. The van der Waals surface area contributed by atoms with E-state index in [2.05, 4.69) is 5.16 Å². The van der Waals surface area contributed by atoms with E-state index in [-0.39, 0.29) is 5.56 Å². The third-order valence-electron chi connectivity index (χ3n) is 2.98. The molecule has 1 aromatic heterocycles. The van der Waals surface area contributed by atoms with Crippen LogP contribution in [-0.4, -0.2) is 5.16 Å². The van der Waals surface area contributed by atoms with Crippen LogP contribution in [0.2, 0.25) is 0 Å². The van der Waals surface area contributed by atoms with Crippen molar-refractivity contribution in [2.24, 2.45) is 0 Å². The smallest absolute Gasteiger partial charge is 0.264 e. The third kappa shape index (κ3) is 1.95. The van der Waals surface area contributed by atoms with Gasteiger partial charge in [0.15, 0.2) is 0 Å². The first kappa shape index (κ1) is 10.4. The van der Waals surface area contributed by atoms with Crippen molar-refractivity contribution in [2.75, 3.05) is 0 Å². The zero-order chi connectivity index (χ0) is 11.8. The van der Waals surface area contributed by atoms with Gasteiger partial charge in [-0.15, -0.1) is 0 Å². The van der Waals surface area contributed by atoms with Gasteiger partial charge in [-0.2, -0.15) is 0 Å². The Bertz CT molecular complexity index is 532. The number of alkyl halides is 2. The van der Waals surface area contributed by atoms with Gasteiger partial charge in [-0.25, -0.2) is 8.78 Å². The SMILES string of the molecule is FC(F)c1ccccc1-c1cc(C2CC2)on1. The molecule has 1 heterocycles. The van der Waals surface area contributed by atoms with Gasteiger partial charge in [-0.3, -0.25) is 0 Å². The first-order chi connectivity index (χ1) is 8.25. The number of halogens is 2. The summed E-state index contributed by atoms with van der Waals surface area (Å²) >= 11 is 0. The molecule has 1 aliphatic carbocycles. The van der Waals surface area contributed by atoms with Crippen LogP contribution in [0.15, 0.2) is 34.9 Å². The molecular weight excluding hydrogens is 224 g/mol. The maximum atomic E-state index is 12.8. The summed E-state index contributed by atoms with van der Waals surface area (Å²) in [6.07, 6.45) is -0.289. The van der Waals surface area contributed by atoms with E-state index in [0.29, 0.717) is 17.2 Å². The van der Waals surface area contributed by atoms with E-state index in [1.165, 1.54) is 6.07 Å². The van der Waals surface area contributed by atoms with E-state index in [1.54, 1.807) is 24.3 Å². The van der Waals surface area contributed by atoms with Gasteiger partial charge < -0.3 is 4.52 Å². The molecule has 88 valence electrons. The minimum absolute atomic E-state index is 0.00291. The van der Waals surface area contributed by atoms with Crippen LogP contribution in [0.5, 0.6) is 0 Å².